The van der Waals surface area contributed by atoms with E-state index >= 15 is 0 Å². The van der Waals surface area contributed by atoms with Gasteiger partial charge in [0.1, 0.15) is 0 Å². The molecular formula is C18H34N2. The number of hydrogen-bond donors (Lipinski definition) is 1. The highest BCUT2D eigenvalue weighted by Crippen LogP contribution is 2.34. The van der Waals surface area contributed by atoms with Gasteiger partial charge in [0.2, 0.25) is 0 Å². The first-order valence-corrected chi connectivity index (χ1v) is 9.31. The lowest BCUT2D eigenvalue weighted by atomic mass is 9.86. The van der Waals surface area contributed by atoms with Crippen molar-refractivity contribution in [1.82, 2.24) is 4.90 Å². The van der Waals surface area contributed by atoms with Gasteiger partial charge in [0.05, 0.1) is 0 Å². The molecule has 0 bridgehead atoms. The van der Waals surface area contributed by atoms with E-state index in [1.807, 2.05) is 0 Å². The van der Waals surface area contributed by atoms with Crippen molar-refractivity contribution in [1.29, 1.82) is 0 Å². The Kier molecular flexibility index (Phi) is 5.04. The molecule has 3 rings (SSSR count). The van der Waals surface area contributed by atoms with Gasteiger partial charge in [0.15, 0.2) is 0 Å². The highest BCUT2D eigenvalue weighted by atomic mass is 15.2. The summed E-state index contributed by atoms with van der Waals surface area (Å²) in [5.41, 5.74) is 6.88. The van der Waals surface area contributed by atoms with Gasteiger partial charge in [-0.1, -0.05) is 51.4 Å². The van der Waals surface area contributed by atoms with Crippen LogP contribution < -0.4 is 5.73 Å². The van der Waals surface area contributed by atoms with Crippen molar-refractivity contribution in [2.24, 2.45) is 5.73 Å². The largest absolute Gasteiger partial charge is 0.324 e. The lowest BCUT2D eigenvalue weighted by Crippen LogP contribution is -2.55. The molecule has 3 saturated carbocycles. The molecule has 3 aliphatic rings. The summed E-state index contributed by atoms with van der Waals surface area (Å²) in [5.74, 6) is 0. The van der Waals surface area contributed by atoms with Crippen molar-refractivity contribution in [2.75, 3.05) is 6.54 Å². The summed E-state index contributed by atoms with van der Waals surface area (Å²) in [6, 6.07) is 1.71. The average Bonchev–Trinajstić information content (AvgIpc) is 2.94. The van der Waals surface area contributed by atoms with Gasteiger partial charge < -0.3 is 5.73 Å². The van der Waals surface area contributed by atoms with Gasteiger partial charge >= 0.3 is 0 Å². The summed E-state index contributed by atoms with van der Waals surface area (Å²) < 4.78 is 0. The van der Waals surface area contributed by atoms with Gasteiger partial charge in [-0.2, -0.15) is 0 Å². The van der Waals surface area contributed by atoms with Crippen molar-refractivity contribution < 1.29 is 0 Å². The second kappa shape index (κ2) is 6.79. The fraction of sp³-hybridized carbons (Fsp3) is 1.00. The monoisotopic (exact) mass is 278 g/mol. The van der Waals surface area contributed by atoms with Gasteiger partial charge in [0, 0.05) is 24.2 Å². The molecule has 0 aromatic carbocycles. The maximum atomic E-state index is 6.73. The molecule has 3 fully saturated rings. The maximum absolute atomic E-state index is 6.73. The van der Waals surface area contributed by atoms with E-state index in [9.17, 15) is 0 Å². The number of nitrogens with two attached hydrogens (primary N) is 1. The van der Waals surface area contributed by atoms with Crippen LogP contribution in [0.5, 0.6) is 0 Å². The number of hydrogen-bond acceptors (Lipinski definition) is 2. The normalized spacial score (nSPS) is 29.1. The van der Waals surface area contributed by atoms with Crippen LogP contribution in [0.25, 0.3) is 0 Å². The van der Waals surface area contributed by atoms with Crippen LogP contribution in [-0.2, 0) is 0 Å². The smallest absolute Gasteiger partial charge is 0.0283 e. The highest BCUT2D eigenvalue weighted by Gasteiger charge is 2.37. The van der Waals surface area contributed by atoms with Crippen molar-refractivity contribution >= 4 is 0 Å². The molecule has 0 radical (unpaired) electrons. The molecule has 0 unspecified atom stereocenters. The van der Waals surface area contributed by atoms with Crippen molar-refractivity contribution in [2.45, 2.75) is 108 Å². The molecule has 0 saturated heterocycles. The van der Waals surface area contributed by atoms with Crippen LogP contribution in [0.4, 0.5) is 0 Å². The van der Waals surface area contributed by atoms with E-state index in [2.05, 4.69) is 4.90 Å². The second-order valence-electron chi connectivity index (χ2n) is 7.83. The summed E-state index contributed by atoms with van der Waals surface area (Å²) in [5, 5.41) is 0. The van der Waals surface area contributed by atoms with Crippen LogP contribution in [0.1, 0.15) is 89.9 Å². The van der Waals surface area contributed by atoms with E-state index < -0.39 is 0 Å². The molecular weight excluding hydrogens is 244 g/mol. The van der Waals surface area contributed by atoms with Crippen LogP contribution in [-0.4, -0.2) is 29.1 Å². The zero-order chi connectivity index (χ0) is 13.8. The Hall–Kier alpha value is -0.0800. The third-order valence-corrected chi connectivity index (χ3v) is 6.18. The molecule has 0 aromatic rings. The van der Waals surface area contributed by atoms with Gasteiger partial charge in [-0.25, -0.2) is 0 Å². The Morgan fingerprint density at radius 3 is 1.60 bits per heavy atom. The van der Waals surface area contributed by atoms with Crippen LogP contribution in [0, 0.1) is 0 Å². The van der Waals surface area contributed by atoms with E-state index in [1.54, 1.807) is 0 Å². The molecule has 0 aromatic heterocycles. The molecule has 0 aliphatic heterocycles. The summed E-state index contributed by atoms with van der Waals surface area (Å²) in [6.45, 7) is 1.20. The third-order valence-electron chi connectivity index (χ3n) is 6.18. The van der Waals surface area contributed by atoms with Crippen LogP contribution in [0.15, 0.2) is 0 Å². The molecule has 2 heteroatoms. The van der Waals surface area contributed by atoms with E-state index in [0.717, 1.165) is 12.1 Å². The number of rotatable bonds is 4. The average molecular weight is 278 g/mol. The SMILES string of the molecule is NC1(CN(C2CCCCC2)C2CCCCC2)CCCC1. The Balaban J connectivity index is 1.67. The molecule has 2 nitrogen and oxygen atoms in total. The summed E-state index contributed by atoms with van der Waals surface area (Å²) in [4.78, 5) is 2.91. The lowest BCUT2D eigenvalue weighted by molar-refractivity contribution is 0.0576. The minimum absolute atomic E-state index is 0.148. The first-order chi connectivity index (χ1) is 9.77. The Labute approximate surface area is 125 Å². The molecule has 0 atom stereocenters. The summed E-state index contributed by atoms with van der Waals surface area (Å²) >= 11 is 0. The topological polar surface area (TPSA) is 29.3 Å². The molecule has 0 heterocycles. The minimum Gasteiger partial charge on any atom is -0.324 e. The first-order valence-electron chi connectivity index (χ1n) is 9.31. The highest BCUT2D eigenvalue weighted by molar-refractivity contribution is 4.96. The molecule has 116 valence electrons. The molecule has 0 spiro atoms. The van der Waals surface area contributed by atoms with E-state index in [1.165, 1.54) is 96.4 Å². The second-order valence-corrected chi connectivity index (χ2v) is 7.83. The zero-order valence-electron chi connectivity index (χ0n) is 13.3. The predicted octanol–water partition coefficient (Wildman–Crippen LogP) is 4.23. The fourth-order valence-corrected chi connectivity index (χ4v) is 4.98. The quantitative estimate of drug-likeness (QED) is 0.834. The molecule has 20 heavy (non-hydrogen) atoms. The minimum atomic E-state index is 0.148. The lowest BCUT2D eigenvalue weighted by Gasteiger charge is -2.45. The Morgan fingerprint density at radius 2 is 1.15 bits per heavy atom. The first kappa shape index (κ1) is 14.8. The van der Waals surface area contributed by atoms with Gasteiger partial charge in [-0.3, -0.25) is 4.90 Å². The third kappa shape index (κ3) is 3.57. The van der Waals surface area contributed by atoms with Crippen molar-refractivity contribution in [3.05, 3.63) is 0 Å². The zero-order valence-corrected chi connectivity index (χ0v) is 13.3. The van der Waals surface area contributed by atoms with Gasteiger partial charge in [0.25, 0.3) is 0 Å². The standard InChI is InChI=1S/C18H34N2/c19-18(13-7-8-14-18)15-20(16-9-3-1-4-10-16)17-11-5-2-6-12-17/h16-17H,1-15,19H2. The predicted molar refractivity (Wildman–Crippen MR) is 85.8 cm³/mol. The van der Waals surface area contributed by atoms with Gasteiger partial charge in [-0.15, -0.1) is 0 Å². The number of nitrogens with zero attached hydrogens (tertiary/aromatic N) is 1. The molecule has 0 amide bonds. The van der Waals surface area contributed by atoms with Crippen LogP contribution in [0.3, 0.4) is 0 Å². The summed E-state index contributed by atoms with van der Waals surface area (Å²) in [7, 11) is 0. The van der Waals surface area contributed by atoms with Crippen molar-refractivity contribution in [3.8, 4) is 0 Å². The Bertz CT molecular complexity index is 266. The van der Waals surface area contributed by atoms with Gasteiger partial charge in [-0.05, 0) is 38.5 Å². The Morgan fingerprint density at radius 1 is 0.700 bits per heavy atom. The fourth-order valence-electron chi connectivity index (χ4n) is 4.98. The molecule has 2 N–H and O–H groups in total. The van der Waals surface area contributed by atoms with Crippen LogP contribution in [0.2, 0.25) is 0 Å². The van der Waals surface area contributed by atoms with E-state index in [-0.39, 0.29) is 5.54 Å². The maximum Gasteiger partial charge on any atom is 0.0283 e. The van der Waals surface area contributed by atoms with Crippen molar-refractivity contribution in [3.63, 3.8) is 0 Å². The summed E-state index contributed by atoms with van der Waals surface area (Å²) in [6.07, 6.45) is 19.7. The van der Waals surface area contributed by atoms with Crippen LogP contribution >= 0.6 is 0 Å². The molecule has 3 aliphatic carbocycles. The van der Waals surface area contributed by atoms with E-state index in [4.69, 9.17) is 5.73 Å². The van der Waals surface area contributed by atoms with E-state index in [0.29, 0.717) is 0 Å².